The minimum atomic E-state index is -4.43. The Morgan fingerprint density at radius 3 is 2.30 bits per heavy atom. The second-order valence-electron chi connectivity index (χ2n) is 8.00. The van der Waals surface area contributed by atoms with E-state index >= 15 is 0 Å². The van der Waals surface area contributed by atoms with Crippen LogP contribution in [0.2, 0.25) is 0 Å². The Labute approximate surface area is 169 Å². The fourth-order valence-corrected chi connectivity index (χ4v) is 3.97. The molecule has 1 aromatic heterocycles. The van der Waals surface area contributed by atoms with Gasteiger partial charge in [-0.1, -0.05) is 18.6 Å². The van der Waals surface area contributed by atoms with Crippen molar-refractivity contribution >= 4 is 11.8 Å². The van der Waals surface area contributed by atoms with Crippen LogP contribution in [0.5, 0.6) is 0 Å². The van der Waals surface area contributed by atoms with Crippen LogP contribution in [0.15, 0.2) is 24.3 Å². The average molecular weight is 428 g/mol. The van der Waals surface area contributed by atoms with Crippen LogP contribution >= 0.6 is 0 Å². The van der Waals surface area contributed by atoms with Crippen molar-refractivity contribution in [2.45, 2.75) is 56.2 Å². The first-order chi connectivity index (χ1) is 14.0. The zero-order valence-electron chi connectivity index (χ0n) is 16.2. The second kappa shape index (κ2) is 7.24. The molecule has 2 amide bonds. The van der Waals surface area contributed by atoms with Crippen molar-refractivity contribution in [2.24, 2.45) is 7.05 Å². The summed E-state index contributed by atoms with van der Waals surface area (Å²) in [5, 5.41) is 9.51. The minimum absolute atomic E-state index is 0.124. The monoisotopic (exact) mass is 428 g/mol. The molecule has 2 aliphatic carbocycles. The number of carbonyl (C=O) groups excluding carboxylic acids is 1. The van der Waals surface area contributed by atoms with E-state index in [0.717, 1.165) is 37.0 Å². The summed E-state index contributed by atoms with van der Waals surface area (Å²) < 4.78 is 66.1. The molecular formula is C20H21F5N4O. The van der Waals surface area contributed by atoms with Crippen LogP contribution in [-0.2, 0) is 13.2 Å². The van der Waals surface area contributed by atoms with Gasteiger partial charge in [-0.3, -0.25) is 10.00 Å². The summed E-state index contributed by atoms with van der Waals surface area (Å²) in [4.78, 5) is 12.3. The van der Waals surface area contributed by atoms with Gasteiger partial charge >= 0.3 is 12.2 Å². The van der Waals surface area contributed by atoms with E-state index in [1.54, 1.807) is 7.05 Å². The van der Waals surface area contributed by atoms with Crippen molar-refractivity contribution in [3.05, 3.63) is 35.4 Å². The lowest BCUT2D eigenvalue weighted by Gasteiger charge is -2.35. The van der Waals surface area contributed by atoms with Gasteiger partial charge in [-0.05, 0) is 30.9 Å². The van der Waals surface area contributed by atoms with Gasteiger partial charge in [0.15, 0.2) is 5.82 Å². The molecule has 10 heteroatoms. The first kappa shape index (κ1) is 20.6. The fraction of sp³-hybridized carbons (Fsp3) is 0.500. The molecule has 2 fully saturated rings. The highest BCUT2D eigenvalue weighted by Gasteiger charge is 2.46. The van der Waals surface area contributed by atoms with Crippen molar-refractivity contribution in [3.63, 3.8) is 0 Å². The number of rotatable bonds is 4. The zero-order valence-corrected chi connectivity index (χ0v) is 16.2. The molecule has 0 spiro atoms. The number of anilines is 1. The smallest absolute Gasteiger partial charge is 0.335 e. The van der Waals surface area contributed by atoms with Gasteiger partial charge in [0.1, 0.15) is 0 Å². The van der Waals surface area contributed by atoms with Gasteiger partial charge in [0.25, 0.3) is 5.92 Å². The van der Waals surface area contributed by atoms with Gasteiger partial charge in [0.05, 0.1) is 11.3 Å². The molecule has 0 radical (unpaired) electrons. The van der Waals surface area contributed by atoms with Crippen LogP contribution in [-0.4, -0.2) is 27.8 Å². The van der Waals surface area contributed by atoms with Gasteiger partial charge < -0.3 is 5.32 Å². The summed E-state index contributed by atoms with van der Waals surface area (Å²) in [6.07, 6.45) is -2.45. The van der Waals surface area contributed by atoms with Crippen molar-refractivity contribution in [1.82, 2.24) is 15.1 Å². The number of urea groups is 1. The second-order valence-corrected chi connectivity index (χ2v) is 8.00. The highest BCUT2D eigenvalue weighted by Crippen LogP contribution is 2.45. The molecule has 2 aliphatic rings. The van der Waals surface area contributed by atoms with E-state index in [4.69, 9.17) is 0 Å². The number of carbonyl (C=O) groups is 1. The molecule has 0 saturated heterocycles. The summed E-state index contributed by atoms with van der Waals surface area (Å²) in [5.41, 5.74) is 1.22. The van der Waals surface area contributed by atoms with Crippen LogP contribution in [0.4, 0.5) is 32.6 Å². The number of benzene rings is 1. The van der Waals surface area contributed by atoms with E-state index in [9.17, 15) is 26.7 Å². The molecule has 2 saturated carbocycles. The zero-order chi connectivity index (χ0) is 21.7. The Morgan fingerprint density at radius 2 is 1.80 bits per heavy atom. The minimum Gasteiger partial charge on any atom is -0.335 e. The van der Waals surface area contributed by atoms with Gasteiger partial charge in [-0.2, -0.15) is 18.3 Å². The molecule has 1 aromatic carbocycles. The molecular weight excluding hydrogens is 407 g/mol. The van der Waals surface area contributed by atoms with E-state index in [-0.39, 0.29) is 5.92 Å². The first-order valence-electron chi connectivity index (χ1n) is 9.73. The summed E-state index contributed by atoms with van der Waals surface area (Å²) in [5.74, 6) is -2.31. The van der Waals surface area contributed by atoms with E-state index in [1.807, 2.05) is 0 Å². The Hall–Kier alpha value is -2.65. The summed E-state index contributed by atoms with van der Waals surface area (Å²) in [7, 11) is 1.66. The molecule has 0 aliphatic heterocycles. The van der Waals surface area contributed by atoms with Crippen LogP contribution < -0.4 is 10.6 Å². The Morgan fingerprint density at radius 1 is 1.17 bits per heavy atom. The molecule has 0 unspecified atom stereocenters. The quantitative estimate of drug-likeness (QED) is 0.650. The van der Waals surface area contributed by atoms with E-state index in [2.05, 4.69) is 15.7 Å². The highest BCUT2D eigenvalue weighted by molar-refractivity contribution is 5.91. The number of aryl methyl sites for hydroxylation is 1. The lowest BCUT2D eigenvalue weighted by Crippen LogP contribution is -2.51. The van der Waals surface area contributed by atoms with Gasteiger partial charge in [-0.25, -0.2) is 13.6 Å². The topological polar surface area (TPSA) is 59.0 Å². The van der Waals surface area contributed by atoms with E-state index < -0.39 is 42.6 Å². The number of amides is 2. The van der Waals surface area contributed by atoms with Crippen LogP contribution in [0, 0.1) is 0 Å². The number of hydrogen-bond donors (Lipinski definition) is 2. The normalized spacial score (nSPS) is 19.1. The molecule has 162 valence electrons. The fourth-order valence-electron chi connectivity index (χ4n) is 3.97. The summed E-state index contributed by atoms with van der Waals surface area (Å²) >= 11 is 0. The van der Waals surface area contributed by atoms with Gasteiger partial charge in [0, 0.05) is 37.1 Å². The largest absolute Gasteiger partial charge is 0.416 e. The number of halogens is 5. The average Bonchev–Trinajstić information content (AvgIpc) is 2.86. The number of nitrogens with zero attached hydrogens (tertiary/aromatic N) is 2. The van der Waals surface area contributed by atoms with E-state index in [0.29, 0.717) is 17.1 Å². The Balaban J connectivity index is 1.59. The van der Waals surface area contributed by atoms with Crippen molar-refractivity contribution in [1.29, 1.82) is 0 Å². The molecule has 30 heavy (non-hydrogen) atoms. The predicted octanol–water partition coefficient (Wildman–Crippen LogP) is 5.29. The van der Waals surface area contributed by atoms with E-state index in [1.165, 1.54) is 16.8 Å². The first-order valence-corrected chi connectivity index (χ1v) is 9.73. The SMILES string of the molecule is Cn1nc(NC(=O)NC2CC(F)(F)C2)c(C2CCC2)c1-c1ccc(C(F)(F)F)cc1. The molecule has 2 N–H and O–H groups in total. The third-order valence-corrected chi connectivity index (χ3v) is 5.74. The van der Waals surface area contributed by atoms with Crippen molar-refractivity contribution in [3.8, 4) is 11.3 Å². The number of aromatic nitrogens is 2. The molecule has 2 aromatic rings. The van der Waals surface area contributed by atoms with Crippen LogP contribution in [0.25, 0.3) is 11.3 Å². The molecule has 4 rings (SSSR count). The molecule has 5 nitrogen and oxygen atoms in total. The third kappa shape index (κ3) is 3.99. The molecule has 0 atom stereocenters. The van der Waals surface area contributed by atoms with Crippen molar-refractivity contribution in [2.75, 3.05) is 5.32 Å². The lowest BCUT2D eigenvalue weighted by molar-refractivity contribution is -0.137. The molecule has 0 bridgehead atoms. The highest BCUT2D eigenvalue weighted by atomic mass is 19.4. The summed E-state index contributed by atoms with van der Waals surface area (Å²) in [6, 6.07) is 3.61. The third-order valence-electron chi connectivity index (χ3n) is 5.74. The van der Waals surface area contributed by atoms with Crippen LogP contribution in [0.3, 0.4) is 0 Å². The number of alkyl halides is 5. The van der Waals surface area contributed by atoms with Gasteiger partial charge in [0.2, 0.25) is 0 Å². The predicted molar refractivity (Wildman–Crippen MR) is 100 cm³/mol. The number of hydrogen-bond acceptors (Lipinski definition) is 2. The van der Waals surface area contributed by atoms with Crippen LogP contribution in [0.1, 0.15) is 49.1 Å². The number of nitrogens with one attached hydrogen (secondary N) is 2. The maximum absolute atomic E-state index is 13.0. The summed E-state index contributed by atoms with van der Waals surface area (Å²) in [6.45, 7) is 0. The lowest BCUT2D eigenvalue weighted by atomic mass is 9.79. The van der Waals surface area contributed by atoms with Gasteiger partial charge in [-0.15, -0.1) is 0 Å². The maximum Gasteiger partial charge on any atom is 0.416 e. The Bertz CT molecular complexity index is 939. The maximum atomic E-state index is 13.0. The molecule has 1 heterocycles. The standard InChI is InChI=1S/C20H21F5N4O/c1-29-16(12-5-7-13(8-6-12)20(23,24)25)15(11-3-2-4-11)17(28-29)27-18(30)26-14-9-19(21,22)10-14/h5-8,11,14H,2-4,9-10H2,1H3,(H2,26,27,28,30). The van der Waals surface area contributed by atoms with Crippen molar-refractivity contribution < 1.29 is 26.7 Å². The Kier molecular flexibility index (Phi) is 4.98.